The fourth-order valence-electron chi connectivity index (χ4n) is 11.3. The zero-order valence-electron chi connectivity index (χ0n) is 44.7. The van der Waals surface area contributed by atoms with Crippen molar-refractivity contribution in [3.63, 3.8) is 0 Å². The van der Waals surface area contributed by atoms with Gasteiger partial charge in [-0.05, 0) is 104 Å². The zero-order chi connectivity index (χ0) is 56.7. The number of ether oxygens (including phenoxy) is 3. The van der Waals surface area contributed by atoms with Gasteiger partial charge in [0, 0.05) is 34.9 Å². The third-order valence-corrected chi connectivity index (χ3v) is 15.8. The fourth-order valence-corrected chi connectivity index (χ4v) is 11.3. The summed E-state index contributed by atoms with van der Waals surface area (Å²) in [5, 5.41) is 25.4. The normalized spacial score (nSPS) is 17.9. The largest absolute Gasteiger partial charge is 0.461 e. The number of aromatic nitrogens is 2. The number of fused-ring (bicyclic) bond motifs is 8. The minimum absolute atomic E-state index is 0.00499. The fraction of sp³-hybridized carbons (Fsp3) is 0.350. The Morgan fingerprint density at radius 2 is 1.43 bits per heavy atom. The highest BCUT2D eigenvalue weighted by Gasteiger charge is 2.46. The summed E-state index contributed by atoms with van der Waals surface area (Å²) in [5.74, 6) is -5.16. The lowest BCUT2D eigenvalue weighted by atomic mass is 9.81. The maximum atomic E-state index is 15.5. The number of benzene rings is 4. The van der Waals surface area contributed by atoms with Crippen molar-refractivity contribution in [1.82, 2.24) is 36.1 Å². The highest BCUT2D eigenvalue weighted by molar-refractivity contribution is 5.97. The molecule has 6 aromatic rings. The van der Waals surface area contributed by atoms with E-state index in [-0.39, 0.29) is 68.2 Å². The van der Waals surface area contributed by atoms with Crippen molar-refractivity contribution in [2.75, 3.05) is 6.61 Å². The molecule has 0 spiro atoms. The van der Waals surface area contributed by atoms with Crippen LogP contribution in [-0.2, 0) is 74.8 Å². The average Bonchev–Trinajstić information content (AvgIpc) is 4.01. The number of cyclic esters (lactones) is 1. The average molecular weight is 1090 g/mol. The molecular weight excluding hydrogens is 1030 g/mol. The summed E-state index contributed by atoms with van der Waals surface area (Å²) < 4.78 is 33.3. The molecule has 2 aromatic heterocycles. The van der Waals surface area contributed by atoms with E-state index < -0.39 is 88.8 Å². The second-order valence-corrected chi connectivity index (χ2v) is 20.8. The van der Waals surface area contributed by atoms with Gasteiger partial charge >= 0.3 is 18.0 Å². The molecule has 414 valence electrons. The molecule has 0 radical (unpaired) electrons. The van der Waals surface area contributed by atoms with Gasteiger partial charge in [0.15, 0.2) is 5.60 Å². The van der Waals surface area contributed by atoms with E-state index in [9.17, 15) is 43.5 Å². The maximum Gasteiger partial charge on any atom is 0.407 e. The molecule has 0 saturated heterocycles. The van der Waals surface area contributed by atoms with E-state index >= 15 is 4.39 Å². The molecule has 6 N–H and O–H groups in total. The second-order valence-electron chi connectivity index (χ2n) is 20.8. The Balaban J connectivity index is 0.784. The first-order valence-electron chi connectivity index (χ1n) is 26.7. The van der Waals surface area contributed by atoms with Crippen LogP contribution in [0.25, 0.3) is 33.4 Å². The van der Waals surface area contributed by atoms with Gasteiger partial charge in [-0.2, -0.15) is 0 Å². The lowest BCUT2D eigenvalue weighted by Crippen LogP contribution is -2.56. The van der Waals surface area contributed by atoms with E-state index in [0.717, 1.165) is 27.8 Å². The van der Waals surface area contributed by atoms with Gasteiger partial charge in [-0.25, -0.2) is 19.0 Å². The smallest absolute Gasteiger partial charge is 0.407 e. The topological polar surface area (TPSA) is 262 Å². The Morgan fingerprint density at radius 1 is 0.800 bits per heavy atom. The molecular formula is C60H60FN7O12. The molecule has 80 heavy (non-hydrogen) atoms. The molecule has 4 aliphatic rings. The number of alkyl carbamates (subject to hydrolysis) is 1. The number of amides is 5. The number of carbonyl (C=O) groups excluding carboxylic acids is 7. The van der Waals surface area contributed by atoms with Gasteiger partial charge in [0.2, 0.25) is 23.6 Å². The molecule has 2 aliphatic carbocycles. The van der Waals surface area contributed by atoms with Crippen LogP contribution in [-0.4, -0.2) is 87.1 Å². The van der Waals surface area contributed by atoms with Crippen LogP contribution in [0, 0.1) is 12.7 Å². The van der Waals surface area contributed by atoms with Crippen LogP contribution in [0.15, 0.2) is 95.8 Å². The monoisotopic (exact) mass is 1090 g/mol. The second kappa shape index (κ2) is 22.2. The number of aliphatic hydroxyl groups is 1. The Kier molecular flexibility index (Phi) is 15.1. The van der Waals surface area contributed by atoms with Crippen LogP contribution >= 0.6 is 0 Å². The van der Waals surface area contributed by atoms with Crippen LogP contribution in [0.4, 0.5) is 9.18 Å². The number of hydrogen-bond donors (Lipinski definition) is 6. The SMILES string of the molecule is CC[C@@]1(O)C(=O)OCc2c1cc1n(c2=O)Cc2c-1nc1cc(F)c(C)c3c1c2[C@@H](NC(=O)[C@H](C)NC(=O)[C@H](C)NC(=O)[C@H](C)NC(=O)[C@H](CCC(=O)OCc1ccccc1)NC(=O)OCC1c2ccccc2-c2ccccc21)CC3. The first-order chi connectivity index (χ1) is 38.4. The van der Waals surface area contributed by atoms with Gasteiger partial charge in [0.25, 0.3) is 5.56 Å². The summed E-state index contributed by atoms with van der Waals surface area (Å²) >= 11 is 0. The third-order valence-electron chi connectivity index (χ3n) is 15.8. The quantitative estimate of drug-likeness (QED) is 0.0482. The number of nitrogens with zero attached hydrogens (tertiary/aromatic N) is 2. The Hall–Kier alpha value is -8.78. The molecule has 20 heteroatoms. The van der Waals surface area contributed by atoms with Crippen LogP contribution in [0.3, 0.4) is 0 Å². The third kappa shape index (κ3) is 10.3. The molecule has 5 amide bonds. The van der Waals surface area contributed by atoms with Crippen LogP contribution in [0.2, 0.25) is 0 Å². The van der Waals surface area contributed by atoms with E-state index in [4.69, 9.17) is 19.2 Å². The molecule has 0 saturated carbocycles. The summed E-state index contributed by atoms with van der Waals surface area (Å²) in [4.78, 5) is 113. The van der Waals surface area contributed by atoms with E-state index in [1.54, 1.807) is 44.2 Å². The van der Waals surface area contributed by atoms with Crippen molar-refractivity contribution in [3.8, 4) is 22.5 Å². The number of rotatable bonds is 17. The lowest BCUT2D eigenvalue weighted by molar-refractivity contribution is -0.172. The van der Waals surface area contributed by atoms with Crippen LogP contribution in [0.5, 0.6) is 0 Å². The summed E-state index contributed by atoms with van der Waals surface area (Å²) in [6.07, 6.45) is -0.779. The van der Waals surface area contributed by atoms with E-state index in [0.29, 0.717) is 51.9 Å². The van der Waals surface area contributed by atoms with Crippen molar-refractivity contribution in [2.45, 2.75) is 128 Å². The highest BCUT2D eigenvalue weighted by atomic mass is 19.1. The van der Waals surface area contributed by atoms with Crippen molar-refractivity contribution >= 4 is 52.6 Å². The Labute approximate surface area is 459 Å². The molecule has 4 aromatic carbocycles. The predicted molar refractivity (Wildman–Crippen MR) is 289 cm³/mol. The number of pyridine rings is 2. The number of hydrogen-bond acceptors (Lipinski definition) is 13. The molecule has 6 atom stereocenters. The highest BCUT2D eigenvalue weighted by Crippen LogP contribution is 2.47. The van der Waals surface area contributed by atoms with Crippen molar-refractivity contribution < 1.29 is 57.3 Å². The van der Waals surface area contributed by atoms with Gasteiger partial charge in [-0.1, -0.05) is 85.8 Å². The standard InChI is InChI=1S/C60H60FN7O12/c1-6-60(77)43-24-48-52-40(26-68(48)57(74)42(43)29-79-58(60)75)51-45(21-20-35-30(2)44(61)25-47(65-52)50(35)51)66-55(72)33(5)63-53(70)31(3)62-54(71)32(4)64-56(73)46(22-23-49(69)78-27-34-14-8-7-9-15-34)67-59(76)80-28-41-38-18-12-10-16-36(38)37-17-11-13-19-39(37)41/h7-19,24-25,31-33,41,45-46,77H,6,20-23,26-29H2,1-5H3,(H,62,71)(H,63,70)(H,64,73)(H,66,72)(H,67,76)/t31-,32-,33-,45-,46-,60-/m0/s1. The first-order valence-corrected chi connectivity index (χ1v) is 26.7. The number of aryl methyl sites for hydroxylation is 1. The molecule has 0 bridgehead atoms. The van der Waals surface area contributed by atoms with Gasteiger partial charge in [-0.15, -0.1) is 0 Å². The summed E-state index contributed by atoms with van der Waals surface area (Å²) in [5.41, 5.74) is 5.74. The Bertz CT molecular complexity index is 3560. The van der Waals surface area contributed by atoms with Gasteiger partial charge in [0.05, 0.1) is 35.1 Å². The van der Waals surface area contributed by atoms with Crippen LogP contribution in [0.1, 0.15) is 115 Å². The van der Waals surface area contributed by atoms with E-state index in [2.05, 4.69) is 26.6 Å². The maximum absolute atomic E-state index is 15.5. The summed E-state index contributed by atoms with van der Waals surface area (Å²) in [6.45, 7) is 7.15. The minimum atomic E-state index is -2.07. The number of halogens is 1. The molecule has 2 aliphatic heterocycles. The molecule has 4 heterocycles. The lowest BCUT2D eigenvalue weighted by Gasteiger charge is -2.31. The zero-order valence-corrected chi connectivity index (χ0v) is 44.7. The van der Waals surface area contributed by atoms with Crippen molar-refractivity contribution in [2.24, 2.45) is 0 Å². The van der Waals surface area contributed by atoms with E-state index in [1.165, 1.54) is 31.4 Å². The molecule has 0 unspecified atom stereocenters. The summed E-state index contributed by atoms with van der Waals surface area (Å²) in [6, 6.07) is 21.8. The Morgan fingerprint density at radius 3 is 2.09 bits per heavy atom. The first kappa shape index (κ1) is 54.6. The van der Waals surface area contributed by atoms with Crippen LogP contribution < -0.4 is 32.1 Å². The van der Waals surface area contributed by atoms with Gasteiger partial charge in [0.1, 0.15) is 49.8 Å². The summed E-state index contributed by atoms with van der Waals surface area (Å²) in [7, 11) is 0. The van der Waals surface area contributed by atoms with Gasteiger partial charge in [-0.3, -0.25) is 28.8 Å². The number of esters is 2. The molecule has 19 nitrogen and oxygen atoms in total. The number of carbonyl (C=O) groups is 7. The molecule has 0 fully saturated rings. The molecule has 10 rings (SSSR count). The number of nitrogens with one attached hydrogen (secondary N) is 5. The van der Waals surface area contributed by atoms with Gasteiger partial charge < -0.3 is 50.5 Å². The minimum Gasteiger partial charge on any atom is -0.461 e. The van der Waals surface area contributed by atoms with E-state index in [1.807, 2.05) is 54.6 Å². The predicted octanol–water partition coefficient (Wildman–Crippen LogP) is 5.58. The van der Waals surface area contributed by atoms with Crippen molar-refractivity contribution in [1.29, 1.82) is 0 Å². The van der Waals surface area contributed by atoms with Crippen molar-refractivity contribution in [3.05, 3.63) is 157 Å².